The molecular formula is C14H15NO4S. The predicted molar refractivity (Wildman–Crippen MR) is 74.7 cm³/mol. The minimum atomic E-state index is -0.984. The molecule has 1 atom stereocenters. The lowest BCUT2D eigenvalue weighted by Crippen LogP contribution is -2.31. The number of imide groups is 1. The number of carbonyl (C=O) groups is 3. The molecule has 1 aliphatic rings. The highest BCUT2D eigenvalue weighted by Crippen LogP contribution is 2.31. The molecule has 0 bridgehead atoms. The molecule has 2 rings (SSSR count). The number of hydrogen-bond acceptors (Lipinski definition) is 4. The Bertz CT molecular complexity index is 541. The van der Waals surface area contributed by atoms with Crippen molar-refractivity contribution in [3.8, 4) is 0 Å². The number of benzene rings is 1. The number of likely N-dealkylation sites (tertiary alicyclic amines) is 1. The lowest BCUT2D eigenvalue weighted by atomic mass is 10.2. The van der Waals surface area contributed by atoms with Crippen LogP contribution >= 0.6 is 11.8 Å². The summed E-state index contributed by atoms with van der Waals surface area (Å²) in [7, 11) is 0. The molecule has 0 radical (unpaired) electrons. The quantitative estimate of drug-likeness (QED) is 0.841. The van der Waals surface area contributed by atoms with Crippen molar-refractivity contribution in [2.24, 2.45) is 0 Å². The average Bonchev–Trinajstić information content (AvgIpc) is 2.67. The zero-order valence-electron chi connectivity index (χ0n) is 11.0. The molecule has 6 heteroatoms. The molecular weight excluding hydrogens is 278 g/mol. The van der Waals surface area contributed by atoms with Crippen LogP contribution < -0.4 is 0 Å². The number of hydrogen-bond donors (Lipinski definition) is 1. The van der Waals surface area contributed by atoms with Crippen molar-refractivity contribution in [3.63, 3.8) is 0 Å². The average molecular weight is 293 g/mol. The molecule has 1 aromatic rings. The van der Waals surface area contributed by atoms with Crippen molar-refractivity contribution < 1.29 is 19.5 Å². The first-order valence-electron chi connectivity index (χ1n) is 6.37. The fourth-order valence-corrected chi connectivity index (χ4v) is 3.12. The van der Waals surface area contributed by atoms with Crippen molar-refractivity contribution in [2.75, 3.05) is 6.54 Å². The van der Waals surface area contributed by atoms with E-state index in [2.05, 4.69) is 0 Å². The first kappa shape index (κ1) is 14.6. The molecule has 1 saturated heterocycles. The SMILES string of the molecule is CCCN1C(=O)CC(Sc2ccc(C(=O)O)cc2)C1=O. The van der Waals surface area contributed by atoms with E-state index >= 15 is 0 Å². The second kappa shape index (κ2) is 6.09. The van der Waals surface area contributed by atoms with E-state index < -0.39 is 11.2 Å². The second-order valence-corrected chi connectivity index (χ2v) is 5.80. The summed E-state index contributed by atoms with van der Waals surface area (Å²) in [5, 5.41) is 8.42. The third-order valence-corrected chi connectivity index (χ3v) is 4.23. The maximum absolute atomic E-state index is 12.1. The molecule has 1 N–H and O–H groups in total. The largest absolute Gasteiger partial charge is 0.478 e. The summed E-state index contributed by atoms with van der Waals surface area (Å²) >= 11 is 1.31. The zero-order chi connectivity index (χ0) is 14.7. The van der Waals surface area contributed by atoms with Crippen molar-refractivity contribution >= 4 is 29.5 Å². The molecule has 1 heterocycles. The maximum Gasteiger partial charge on any atom is 0.335 e. The minimum Gasteiger partial charge on any atom is -0.478 e. The Morgan fingerprint density at radius 1 is 1.35 bits per heavy atom. The van der Waals surface area contributed by atoms with Crippen LogP contribution in [0.1, 0.15) is 30.1 Å². The van der Waals surface area contributed by atoms with E-state index in [9.17, 15) is 14.4 Å². The molecule has 0 spiro atoms. The van der Waals surface area contributed by atoms with Gasteiger partial charge in [-0.3, -0.25) is 14.5 Å². The van der Waals surface area contributed by atoms with Gasteiger partial charge in [-0.15, -0.1) is 11.8 Å². The molecule has 0 aliphatic carbocycles. The van der Waals surface area contributed by atoms with Gasteiger partial charge in [0.15, 0.2) is 0 Å². The summed E-state index contributed by atoms with van der Waals surface area (Å²) in [6.45, 7) is 2.39. The van der Waals surface area contributed by atoms with Gasteiger partial charge in [-0.1, -0.05) is 6.92 Å². The minimum absolute atomic E-state index is 0.128. The standard InChI is InChI=1S/C14H15NO4S/c1-2-7-15-12(16)8-11(13(15)17)20-10-5-3-9(4-6-10)14(18)19/h3-6,11H,2,7-8H2,1H3,(H,18,19). The topological polar surface area (TPSA) is 74.7 Å². The number of carboxylic acid groups (broad SMARTS) is 1. The van der Waals surface area contributed by atoms with Gasteiger partial charge in [0, 0.05) is 17.9 Å². The molecule has 20 heavy (non-hydrogen) atoms. The van der Waals surface area contributed by atoms with Gasteiger partial charge in [-0.05, 0) is 30.7 Å². The van der Waals surface area contributed by atoms with Crippen LogP contribution in [0.5, 0.6) is 0 Å². The van der Waals surface area contributed by atoms with Gasteiger partial charge in [-0.2, -0.15) is 0 Å². The predicted octanol–water partition coefficient (Wildman–Crippen LogP) is 2.01. The maximum atomic E-state index is 12.1. The van der Waals surface area contributed by atoms with Crippen LogP contribution in [-0.4, -0.2) is 39.6 Å². The van der Waals surface area contributed by atoms with Crippen LogP contribution in [0.2, 0.25) is 0 Å². The van der Waals surface area contributed by atoms with Gasteiger partial charge in [-0.25, -0.2) is 4.79 Å². The van der Waals surface area contributed by atoms with Gasteiger partial charge in [0.1, 0.15) is 0 Å². The van der Waals surface area contributed by atoms with Crippen molar-refractivity contribution in [1.29, 1.82) is 0 Å². The molecule has 1 fully saturated rings. The van der Waals surface area contributed by atoms with E-state index in [0.29, 0.717) is 6.54 Å². The van der Waals surface area contributed by atoms with Gasteiger partial charge in [0.2, 0.25) is 11.8 Å². The summed E-state index contributed by atoms with van der Waals surface area (Å²) < 4.78 is 0. The van der Waals surface area contributed by atoms with Gasteiger partial charge in [0.25, 0.3) is 0 Å². The molecule has 0 saturated carbocycles. The Morgan fingerprint density at radius 3 is 2.55 bits per heavy atom. The fourth-order valence-electron chi connectivity index (χ4n) is 2.04. The highest BCUT2D eigenvalue weighted by atomic mass is 32.2. The van der Waals surface area contributed by atoms with Crippen LogP contribution in [0.3, 0.4) is 0 Å². The molecule has 2 amide bonds. The monoisotopic (exact) mass is 293 g/mol. The van der Waals surface area contributed by atoms with E-state index in [1.165, 1.54) is 28.8 Å². The lowest BCUT2D eigenvalue weighted by Gasteiger charge is -2.13. The molecule has 1 unspecified atom stereocenters. The van der Waals surface area contributed by atoms with E-state index in [1.807, 2.05) is 6.92 Å². The van der Waals surface area contributed by atoms with Crippen LogP contribution in [0.25, 0.3) is 0 Å². The number of aromatic carboxylic acids is 1. The Hall–Kier alpha value is -1.82. The first-order valence-corrected chi connectivity index (χ1v) is 7.25. The van der Waals surface area contributed by atoms with Crippen LogP contribution in [-0.2, 0) is 9.59 Å². The Labute approximate surface area is 121 Å². The van der Waals surface area contributed by atoms with E-state index in [-0.39, 0.29) is 23.8 Å². The number of nitrogens with zero attached hydrogens (tertiary/aromatic N) is 1. The van der Waals surface area contributed by atoms with Crippen LogP contribution in [0, 0.1) is 0 Å². The normalized spacial score (nSPS) is 18.6. The van der Waals surface area contributed by atoms with Crippen LogP contribution in [0.4, 0.5) is 0 Å². The number of amides is 2. The molecule has 106 valence electrons. The summed E-state index contributed by atoms with van der Waals surface area (Å²) in [5.41, 5.74) is 0.204. The summed E-state index contributed by atoms with van der Waals surface area (Å²) in [5.74, 6) is -1.26. The first-order chi connectivity index (χ1) is 9.52. The third kappa shape index (κ3) is 3.01. The van der Waals surface area contributed by atoms with Gasteiger partial charge in [0.05, 0.1) is 10.8 Å². The van der Waals surface area contributed by atoms with Crippen molar-refractivity contribution in [1.82, 2.24) is 4.90 Å². The molecule has 1 aliphatic heterocycles. The zero-order valence-corrected chi connectivity index (χ0v) is 11.9. The number of thioether (sulfide) groups is 1. The van der Waals surface area contributed by atoms with E-state index in [4.69, 9.17) is 5.11 Å². The lowest BCUT2D eigenvalue weighted by molar-refractivity contribution is -0.138. The Kier molecular flexibility index (Phi) is 4.44. The molecule has 1 aromatic carbocycles. The Morgan fingerprint density at radius 2 is 2.00 bits per heavy atom. The number of rotatable bonds is 5. The van der Waals surface area contributed by atoms with Gasteiger partial charge < -0.3 is 5.11 Å². The molecule has 0 aromatic heterocycles. The van der Waals surface area contributed by atoms with Gasteiger partial charge >= 0.3 is 5.97 Å². The highest BCUT2D eigenvalue weighted by molar-refractivity contribution is 8.00. The van der Waals surface area contributed by atoms with Crippen molar-refractivity contribution in [3.05, 3.63) is 29.8 Å². The smallest absolute Gasteiger partial charge is 0.335 e. The fraction of sp³-hybridized carbons (Fsp3) is 0.357. The van der Waals surface area contributed by atoms with Crippen molar-refractivity contribution in [2.45, 2.75) is 29.9 Å². The molecule has 5 nitrogen and oxygen atoms in total. The van der Waals surface area contributed by atoms with E-state index in [0.717, 1.165) is 11.3 Å². The Balaban J connectivity index is 2.05. The number of carbonyl (C=O) groups excluding carboxylic acids is 2. The van der Waals surface area contributed by atoms with E-state index in [1.54, 1.807) is 12.1 Å². The third-order valence-electron chi connectivity index (χ3n) is 3.03. The highest BCUT2D eigenvalue weighted by Gasteiger charge is 2.38. The summed E-state index contributed by atoms with van der Waals surface area (Å²) in [4.78, 5) is 36.7. The summed E-state index contributed by atoms with van der Waals surface area (Å²) in [6.07, 6.45) is 0.965. The number of carboxylic acids is 1. The second-order valence-electron chi connectivity index (χ2n) is 4.52. The summed E-state index contributed by atoms with van der Waals surface area (Å²) in [6, 6.07) is 6.31. The van der Waals surface area contributed by atoms with Crippen LogP contribution in [0.15, 0.2) is 29.2 Å².